The highest BCUT2D eigenvalue weighted by molar-refractivity contribution is 5.91. The Morgan fingerprint density at radius 1 is 1.23 bits per heavy atom. The maximum Gasteiger partial charge on any atom is 0.273 e. The number of benzene rings is 1. The molecule has 2 heterocycles. The summed E-state index contributed by atoms with van der Waals surface area (Å²) in [5, 5.41) is 11.2. The largest absolute Gasteiger partial charge is 0.381 e. The molecule has 0 spiro atoms. The number of hydrogen-bond donors (Lipinski definition) is 1. The number of ether oxygens (including phenoxy) is 1. The van der Waals surface area contributed by atoms with E-state index < -0.39 is 0 Å². The van der Waals surface area contributed by atoms with Crippen molar-refractivity contribution in [2.24, 2.45) is 11.8 Å². The molecule has 1 aromatic carbocycles. The number of nitrogens with one attached hydrogen (secondary N) is 1. The van der Waals surface area contributed by atoms with Crippen LogP contribution in [0.4, 0.5) is 0 Å². The standard InChI is InChI=1S/C20H26N4O2/c25-20(19-13-24(23-22-19)12-15-9-10-26-14-15)21-11-17-7-4-8-18(17)16-5-2-1-3-6-16/h1-3,5-6,13,15,17-18H,4,7-12,14H2,(H,21,25). The van der Waals surface area contributed by atoms with Gasteiger partial charge in [0.1, 0.15) is 0 Å². The Balaban J connectivity index is 1.31. The van der Waals surface area contributed by atoms with Gasteiger partial charge >= 0.3 is 0 Å². The van der Waals surface area contributed by atoms with Gasteiger partial charge < -0.3 is 10.1 Å². The van der Waals surface area contributed by atoms with Crippen molar-refractivity contribution >= 4 is 5.91 Å². The van der Waals surface area contributed by atoms with Crippen molar-refractivity contribution in [3.05, 3.63) is 47.8 Å². The van der Waals surface area contributed by atoms with Gasteiger partial charge in [-0.3, -0.25) is 9.48 Å². The van der Waals surface area contributed by atoms with Crippen LogP contribution in [0.3, 0.4) is 0 Å². The summed E-state index contributed by atoms with van der Waals surface area (Å²) in [5.41, 5.74) is 1.78. The van der Waals surface area contributed by atoms with Gasteiger partial charge in [-0.2, -0.15) is 0 Å². The zero-order valence-corrected chi connectivity index (χ0v) is 15.0. The second kappa shape index (κ2) is 7.99. The molecule has 2 fully saturated rings. The van der Waals surface area contributed by atoms with E-state index >= 15 is 0 Å². The number of rotatable bonds is 6. The minimum atomic E-state index is -0.127. The summed E-state index contributed by atoms with van der Waals surface area (Å²) in [6.45, 7) is 3.04. The molecule has 1 aliphatic carbocycles. The van der Waals surface area contributed by atoms with Crippen LogP contribution in [-0.2, 0) is 11.3 Å². The highest BCUT2D eigenvalue weighted by Gasteiger charge is 2.29. The number of aromatic nitrogens is 3. The minimum Gasteiger partial charge on any atom is -0.381 e. The Bertz CT molecular complexity index is 724. The van der Waals surface area contributed by atoms with Gasteiger partial charge in [-0.15, -0.1) is 5.10 Å². The van der Waals surface area contributed by atoms with Crippen molar-refractivity contribution in [3.63, 3.8) is 0 Å². The molecule has 3 unspecified atom stereocenters. The first kappa shape index (κ1) is 17.2. The second-order valence-electron chi connectivity index (χ2n) is 7.47. The van der Waals surface area contributed by atoms with Crippen LogP contribution in [0.5, 0.6) is 0 Å². The molecule has 1 N–H and O–H groups in total. The fourth-order valence-corrected chi connectivity index (χ4v) is 4.22. The molecule has 1 saturated carbocycles. The van der Waals surface area contributed by atoms with Gasteiger partial charge in [-0.05, 0) is 36.7 Å². The second-order valence-corrected chi connectivity index (χ2v) is 7.47. The molecule has 6 heteroatoms. The quantitative estimate of drug-likeness (QED) is 0.866. The maximum atomic E-state index is 12.4. The molecule has 138 valence electrons. The highest BCUT2D eigenvalue weighted by atomic mass is 16.5. The highest BCUT2D eigenvalue weighted by Crippen LogP contribution is 2.39. The number of amides is 1. The van der Waals surface area contributed by atoms with Crippen molar-refractivity contribution in [1.29, 1.82) is 0 Å². The monoisotopic (exact) mass is 354 g/mol. The molecule has 26 heavy (non-hydrogen) atoms. The van der Waals surface area contributed by atoms with E-state index in [4.69, 9.17) is 4.74 Å². The summed E-state index contributed by atoms with van der Waals surface area (Å²) in [4.78, 5) is 12.4. The topological polar surface area (TPSA) is 69.0 Å². The van der Waals surface area contributed by atoms with Crippen LogP contribution in [0.25, 0.3) is 0 Å². The molecule has 3 atom stereocenters. The number of carbonyl (C=O) groups is 1. The number of carbonyl (C=O) groups excluding carboxylic acids is 1. The Labute approximate surface area is 153 Å². The van der Waals surface area contributed by atoms with Crippen molar-refractivity contribution in [2.75, 3.05) is 19.8 Å². The summed E-state index contributed by atoms with van der Waals surface area (Å²) in [6, 6.07) is 10.6. The molecule has 1 aliphatic heterocycles. The molecule has 4 rings (SSSR count). The Morgan fingerprint density at radius 3 is 2.92 bits per heavy atom. The lowest BCUT2D eigenvalue weighted by molar-refractivity contribution is 0.0941. The third-order valence-corrected chi connectivity index (χ3v) is 5.65. The van der Waals surface area contributed by atoms with Crippen molar-refractivity contribution < 1.29 is 9.53 Å². The molecule has 6 nitrogen and oxygen atoms in total. The van der Waals surface area contributed by atoms with Crippen LogP contribution < -0.4 is 5.32 Å². The lowest BCUT2D eigenvalue weighted by Gasteiger charge is -2.20. The fourth-order valence-electron chi connectivity index (χ4n) is 4.22. The Hall–Kier alpha value is -2.21. The summed E-state index contributed by atoms with van der Waals surface area (Å²) >= 11 is 0. The number of hydrogen-bond acceptors (Lipinski definition) is 4. The van der Waals surface area contributed by atoms with Crippen molar-refractivity contribution in [1.82, 2.24) is 20.3 Å². The Morgan fingerprint density at radius 2 is 2.12 bits per heavy atom. The summed E-state index contributed by atoms with van der Waals surface area (Å²) < 4.78 is 7.15. The van der Waals surface area contributed by atoms with Crippen molar-refractivity contribution in [3.8, 4) is 0 Å². The van der Waals surface area contributed by atoms with Crippen LogP contribution in [-0.4, -0.2) is 40.7 Å². The molecule has 1 saturated heterocycles. The van der Waals surface area contributed by atoms with E-state index in [0.717, 1.165) is 32.6 Å². The first-order chi connectivity index (χ1) is 12.8. The van der Waals surface area contributed by atoms with E-state index in [1.165, 1.54) is 18.4 Å². The fraction of sp³-hybridized carbons (Fsp3) is 0.550. The molecule has 1 amide bonds. The van der Waals surface area contributed by atoms with Crippen LogP contribution in [0, 0.1) is 11.8 Å². The smallest absolute Gasteiger partial charge is 0.273 e. The Kier molecular flexibility index (Phi) is 5.29. The predicted octanol–water partition coefficient (Wildman–Crippen LogP) is 2.63. The average molecular weight is 354 g/mol. The lowest BCUT2D eigenvalue weighted by atomic mass is 9.89. The first-order valence-corrected chi connectivity index (χ1v) is 9.60. The van der Waals surface area contributed by atoms with Gasteiger partial charge in [0.05, 0.1) is 12.8 Å². The van der Waals surface area contributed by atoms with Gasteiger partial charge in [0.2, 0.25) is 0 Å². The summed E-state index contributed by atoms with van der Waals surface area (Å²) in [7, 11) is 0. The minimum absolute atomic E-state index is 0.127. The first-order valence-electron chi connectivity index (χ1n) is 9.60. The van der Waals surface area contributed by atoms with Crippen LogP contribution in [0.2, 0.25) is 0 Å². The van der Waals surface area contributed by atoms with Crippen LogP contribution in [0.15, 0.2) is 36.5 Å². The molecule has 2 aliphatic rings. The summed E-state index contributed by atoms with van der Waals surface area (Å²) in [5.74, 6) is 1.37. The molecule has 1 aromatic heterocycles. The molecular weight excluding hydrogens is 328 g/mol. The SMILES string of the molecule is O=C(NCC1CCCC1c1ccccc1)c1cn(CC2CCOC2)nn1. The average Bonchev–Trinajstić information content (AvgIpc) is 3.43. The van der Waals surface area contributed by atoms with E-state index in [1.807, 2.05) is 0 Å². The number of nitrogens with zero attached hydrogens (tertiary/aromatic N) is 3. The molecular formula is C20H26N4O2. The van der Waals surface area contributed by atoms with Gasteiger partial charge in [-0.25, -0.2) is 0 Å². The van der Waals surface area contributed by atoms with Gasteiger partial charge in [0, 0.05) is 25.6 Å². The molecule has 0 bridgehead atoms. The van der Waals surface area contributed by atoms with Crippen LogP contribution in [0.1, 0.15) is 47.7 Å². The van der Waals surface area contributed by atoms with E-state index in [2.05, 4.69) is 46.0 Å². The maximum absolute atomic E-state index is 12.4. The molecule has 0 radical (unpaired) electrons. The third-order valence-electron chi connectivity index (χ3n) is 5.65. The van der Waals surface area contributed by atoms with Gasteiger partial charge in [0.25, 0.3) is 5.91 Å². The van der Waals surface area contributed by atoms with E-state index in [-0.39, 0.29) is 5.91 Å². The van der Waals surface area contributed by atoms with Crippen molar-refractivity contribution in [2.45, 2.75) is 38.1 Å². The lowest BCUT2D eigenvalue weighted by Crippen LogP contribution is -2.30. The molecule has 2 aromatic rings. The summed E-state index contributed by atoms with van der Waals surface area (Å²) in [6.07, 6.45) is 6.37. The van der Waals surface area contributed by atoms with Gasteiger partial charge in [0.15, 0.2) is 5.69 Å². The zero-order chi connectivity index (χ0) is 17.8. The van der Waals surface area contributed by atoms with E-state index in [0.29, 0.717) is 30.0 Å². The predicted molar refractivity (Wildman–Crippen MR) is 97.8 cm³/mol. The third kappa shape index (κ3) is 3.96. The van der Waals surface area contributed by atoms with Crippen LogP contribution >= 0.6 is 0 Å². The zero-order valence-electron chi connectivity index (χ0n) is 15.0. The van der Waals surface area contributed by atoms with Gasteiger partial charge in [-0.1, -0.05) is 42.0 Å². The van der Waals surface area contributed by atoms with E-state index in [9.17, 15) is 4.79 Å². The normalized spacial score (nSPS) is 25.5. The van der Waals surface area contributed by atoms with E-state index in [1.54, 1.807) is 10.9 Å².